The zero-order valence-electron chi connectivity index (χ0n) is 13.1. The maximum atomic E-state index is 12.7. The Kier molecular flexibility index (Phi) is 6.08. The normalized spacial score (nSPS) is 15.0. The highest BCUT2D eigenvalue weighted by atomic mass is 32.2. The molecular formula is C16H16F5NO2S. The fourth-order valence-electron chi connectivity index (χ4n) is 2.41. The third kappa shape index (κ3) is 4.50. The van der Waals surface area contributed by atoms with Gasteiger partial charge in [-0.3, -0.25) is 14.5 Å². The van der Waals surface area contributed by atoms with E-state index in [0.29, 0.717) is 23.3 Å². The highest BCUT2D eigenvalue weighted by Crippen LogP contribution is 2.39. The molecule has 25 heavy (non-hydrogen) atoms. The number of fused-ring (bicyclic) bond motifs is 1. The average Bonchev–Trinajstić information content (AvgIpc) is 2.78. The average molecular weight is 381 g/mol. The molecule has 0 spiro atoms. The molecule has 1 heterocycles. The molecule has 0 unspecified atom stereocenters. The molecular weight excluding hydrogens is 365 g/mol. The van der Waals surface area contributed by atoms with Crippen molar-refractivity contribution in [3.05, 3.63) is 35.4 Å². The molecule has 0 saturated carbocycles. The number of hydrogen-bond donors (Lipinski definition) is 0. The van der Waals surface area contributed by atoms with E-state index in [9.17, 15) is 31.5 Å². The number of imide groups is 1. The predicted molar refractivity (Wildman–Crippen MR) is 84.0 cm³/mol. The second kappa shape index (κ2) is 7.72. The number of rotatable bonds is 8. The molecule has 1 aliphatic heterocycles. The molecule has 1 aliphatic rings. The van der Waals surface area contributed by atoms with Gasteiger partial charge in [0.05, 0.1) is 11.1 Å². The van der Waals surface area contributed by atoms with Gasteiger partial charge in [-0.05, 0) is 36.5 Å². The molecule has 0 bridgehead atoms. The van der Waals surface area contributed by atoms with Crippen LogP contribution in [0.1, 0.15) is 40.0 Å². The molecule has 138 valence electrons. The fourth-order valence-corrected chi connectivity index (χ4v) is 3.29. The minimum Gasteiger partial charge on any atom is -0.274 e. The smallest absolute Gasteiger partial charge is 0.274 e. The summed E-state index contributed by atoms with van der Waals surface area (Å²) < 4.78 is 61.4. The third-order valence-corrected chi connectivity index (χ3v) is 4.90. The number of alkyl halides is 5. The summed E-state index contributed by atoms with van der Waals surface area (Å²) in [6, 6.07) is 6.48. The number of amides is 2. The van der Waals surface area contributed by atoms with Crippen molar-refractivity contribution >= 4 is 23.6 Å². The Bertz CT molecular complexity index is 613. The molecule has 0 atom stereocenters. The monoisotopic (exact) mass is 381 g/mol. The predicted octanol–water partition coefficient (Wildman–Crippen LogP) is 4.38. The van der Waals surface area contributed by atoms with Gasteiger partial charge in [0, 0.05) is 13.0 Å². The Labute approximate surface area is 145 Å². The molecule has 0 N–H and O–H groups in total. The number of carbonyl (C=O) groups is 2. The van der Waals surface area contributed by atoms with Gasteiger partial charge in [0.25, 0.3) is 11.8 Å². The quantitative estimate of drug-likeness (QED) is 0.381. The van der Waals surface area contributed by atoms with E-state index in [1.165, 1.54) is 11.8 Å². The lowest BCUT2D eigenvalue weighted by Crippen LogP contribution is -2.36. The highest BCUT2D eigenvalue weighted by Gasteiger charge is 2.56. The molecule has 9 heteroatoms. The summed E-state index contributed by atoms with van der Waals surface area (Å²) in [7, 11) is 0. The Balaban J connectivity index is 1.66. The van der Waals surface area contributed by atoms with Gasteiger partial charge in [0.2, 0.25) is 0 Å². The molecule has 1 aromatic carbocycles. The maximum absolute atomic E-state index is 12.7. The number of thioether (sulfide) groups is 1. The van der Waals surface area contributed by atoms with Crippen LogP contribution in [0.5, 0.6) is 0 Å². The van der Waals surface area contributed by atoms with Crippen molar-refractivity contribution in [2.45, 2.75) is 31.4 Å². The first-order valence-corrected chi connectivity index (χ1v) is 8.78. The Morgan fingerprint density at radius 1 is 0.880 bits per heavy atom. The Hall–Kier alpha value is -1.64. The fraction of sp³-hybridized carbons (Fsp3) is 0.500. The topological polar surface area (TPSA) is 37.4 Å². The van der Waals surface area contributed by atoms with Crippen LogP contribution in [0.3, 0.4) is 0 Å². The number of halogens is 5. The number of hydrogen-bond acceptors (Lipinski definition) is 3. The zero-order chi connectivity index (χ0) is 18.7. The molecule has 2 rings (SSSR count). The number of benzene rings is 1. The van der Waals surface area contributed by atoms with E-state index in [2.05, 4.69) is 0 Å². The van der Waals surface area contributed by atoms with E-state index in [1.807, 2.05) is 0 Å². The van der Waals surface area contributed by atoms with Gasteiger partial charge in [-0.15, -0.1) is 0 Å². The van der Waals surface area contributed by atoms with Crippen molar-refractivity contribution in [3.8, 4) is 0 Å². The third-order valence-electron chi connectivity index (χ3n) is 3.74. The Morgan fingerprint density at radius 3 is 1.92 bits per heavy atom. The molecule has 0 radical (unpaired) electrons. The first-order chi connectivity index (χ1) is 11.6. The van der Waals surface area contributed by atoms with E-state index < -0.39 is 18.5 Å². The summed E-state index contributed by atoms with van der Waals surface area (Å²) >= 11 is 1.22. The lowest BCUT2D eigenvalue weighted by Gasteiger charge is -2.19. The summed E-state index contributed by atoms with van der Waals surface area (Å²) in [5, 5.41) is 0. The number of carbonyl (C=O) groups excluding carboxylic acids is 2. The van der Waals surface area contributed by atoms with E-state index in [1.54, 1.807) is 24.3 Å². The minimum absolute atomic E-state index is 0.161. The Morgan fingerprint density at radius 2 is 1.40 bits per heavy atom. The van der Waals surface area contributed by atoms with Crippen LogP contribution in [0.15, 0.2) is 24.3 Å². The first-order valence-electron chi connectivity index (χ1n) is 7.62. The molecule has 2 amide bonds. The van der Waals surface area contributed by atoms with Crippen LogP contribution in [0.25, 0.3) is 0 Å². The molecule has 1 aromatic rings. The van der Waals surface area contributed by atoms with E-state index >= 15 is 0 Å². The lowest BCUT2D eigenvalue weighted by atomic mass is 10.1. The van der Waals surface area contributed by atoms with Crippen LogP contribution in [0.4, 0.5) is 22.0 Å². The van der Waals surface area contributed by atoms with Crippen molar-refractivity contribution in [2.24, 2.45) is 0 Å². The van der Waals surface area contributed by atoms with E-state index in [-0.39, 0.29) is 30.5 Å². The van der Waals surface area contributed by atoms with Gasteiger partial charge in [-0.2, -0.15) is 33.7 Å². The largest absolute Gasteiger partial charge is 0.453 e. The minimum atomic E-state index is -5.51. The van der Waals surface area contributed by atoms with Crippen molar-refractivity contribution in [1.29, 1.82) is 0 Å². The van der Waals surface area contributed by atoms with Gasteiger partial charge >= 0.3 is 12.1 Å². The summed E-state index contributed by atoms with van der Waals surface area (Å²) in [6.07, 6.45) is -6.55. The molecule has 0 saturated heterocycles. The zero-order valence-corrected chi connectivity index (χ0v) is 13.9. The molecule has 0 aliphatic carbocycles. The summed E-state index contributed by atoms with van der Waals surface area (Å²) in [5.74, 6) is -4.77. The van der Waals surface area contributed by atoms with Gasteiger partial charge in [-0.1, -0.05) is 12.1 Å². The standard InChI is InChI=1S/C16H16F5NO2S/c17-15(18,16(19,20)21)7-3-9-25-10-4-8-22-13(23)11-5-1-2-6-12(11)14(22)24/h1-2,5-6H,3-4,7-10H2. The highest BCUT2D eigenvalue weighted by molar-refractivity contribution is 7.99. The summed E-state index contributed by atoms with van der Waals surface area (Å²) in [4.78, 5) is 25.3. The second-order valence-electron chi connectivity index (χ2n) is 5.58. The van der Waals surface area contributed by atoms with Crippen molar-refractivity contribution in [2.75, 3.05) is 18.1 Å². The van der Waals surface area contributed by atoms with Crippen LogP contribution in [0, 0.1) is 0 Å². The SMILES string of the molecule is O=C1c2ccccc2C(=O)N1CCCSCCCC(F)(F)C(F)(F)F. The van der Waals surface area contributed by atoms with Crippen molar-refractivity contribution in [3.63, 3.8) is 0 Å². The van der Waals surface area contributed by atoms with E-state index in [4.69, 9.17) is 0 Å². The van der Waals surface area contributed by atoms with Gasteiger partial charge in [-0.25, -0.2) is 0 Å². The summed E-state index contributed by atoms with van der Waals surface area (Å²) in [6.45, 7) is 0.193. The first kappa shape index (κ1) is 19.7. The molecule has 0 aromatic heterocycles. The van der Waals surface area contributed by atoms with Crippen LogP contribution in [-0.4, -0.2) is 46.9 Å². The van der Waals surface area contributed by atoms with Crippen molar-refractivity contribution in [1.82, 2.24) is 4.90 Å². The van der Waals surface area contributed by atoms with Crippen LogP contribution < -0.4 is 0 Å². The van der Waals surface area contributed by atoms with Crippen LogP contribution in [0.2, 0.25) is 0 Å². The number of nitrogens with zero attached hydrogens (tertiary/aromatic N) is 1. The van der Waals surface area contributed by atoms with Gasteiger partial charge in [0.15, 0.2) is 0 Å². The van der Waals surface area contributed by atoms with Crippen molar-refractivity contribution < 1.29 is 31.5 Å². The summed E-state index contributed by atoms with van der Waals surface area (Å²) in [5.41, 5.74) is 0.712. The molecule has 3 nitrogen and oxygen atoms in total. The molecule has 0 fully saturated rings. The lowest BCUT2D eigenvalue weighted by molar-refractivity contribution is -0.284. The second-order valence-corrected chi connectivity index (χ2v) is 6.80. The van der Waals surface area contributed by atoms with Crippen LogP contribution >= 0.6 is 11.8 Å². The van der Waals surface area contributed by atoms with E-state index in [0.717, 1.165) is 4.90 Å². The maximum Gasteiger partial charge on any atom is 0.453 e. The van der Waals surface area contributed by atoms with Gasteiger partial charge in [0.1, 0.15) is 0 Å². The van der Waals surface area contributed by atoms with Gasteiger partial charge < -0.3 is 0 Å². The van der Waals surface area contributed by atoms with Crippen LogP contribution in [-0.2, 0) is 0 Å².